The van der Waals surface area contributed by atoms with Crippen LogP contribution in [0.2, 0.25) is 0 Å². The smallest absolute Gasteiger partial charge is 0.306 e. The number of rotatable bonds is 47. The van der Waals surface area contributed by atoms with Gasteiger partial charge in [0.05, 0.1) is 0 Å². The highest BCUT2D eigenvalue weighted by Crippen LogP contribution is 2.14. The fourth-order valence-corrected chi connectivity index (χ4v) is 7.21. The molecule has 0 aliphatic rings. The van der Waals surface area contributed by atoms with Crippen LogP contribution in [0.25, 0.3) is 0 Å². The second-order valence-electron chi connectivity index (χ2n) is 17.5. The van der Waals surface area contributed by atoms with Crippen molar-refractivity contribution in [3.63, 3.8) is 0 Å². The van der Waals surface area contributed by atoms with Crippen molar-refractivity contribution in [2.75, 3.05) is 13.2 Å². The minimum Gasteiger partial charge on any atom is -0.462 e. The van der Waals surface area contributed by atoms with Crippen molar-refractivity contribution in [2.24, 2.45) is 0 Å². The number of ether oxygens (including phenoxy) is 3. The second kappa shape index (κ2) is 52.9. The summed E-state index contributed by atoms with van der Waals surface area (Å²) >= 11 is 0. The maximum Gasteiger partial charge on any atom is 0.306 e. The highest BCUT2D eigenvalue weighted by molar-refractivity contribution is 5.71. The van der Waals surface area contributed by atoms with Crippen LogP contribution in [-0.4, -0.2) is 37.2 Å². The third-order valence-electron chi connectivity index (χ3n) is 11.2. The number of allylic oxidation sites excluding steroid dienone is 16. The molecule has 6 heteroatoms. The Morgan fingerprint density at radius 1 is 0.323 bits per heavy atom. The summed E-state index contributed by atoms with van der Waals surface area (Å²) in [6.45, 7) is 6.32. The number of esters is 3. The molecule has 0 N–H and O–H groups in total. The molecule has 0 amide bonds. The molecule has 0 aromatic carbocycles. The lowest BCUT2D eigenvalue weighted by atomic mass is 10.1. The van der Waals surface area contributed by atoms with E-state index in [9.17, 15) is 14.4 Å². The monoisotopic (exact) mass is 903 g/mol. The number of hydrogen-bond donors (Lipinski definition) is 0. The van der Waals surface area contributed by atoms with E-state index in [2.05, 4.69) is 81.5 Å². The second-order valence-corrected chi connectivity index (χ2v) is 17.5. The van der Waals surface area contributed by atoms with Crippen molar-refractivity contribution in [1.29, 1.82) is 0 Å². The average Bonchev–Trinajstić information content (AvgIpc) is 3.30. The summed E-state index contributed by atoms with van der Waals surface area (Å²) in [5, 5.41) is 0. The molecular weight excluding hydrogens is 805 g/mol. The van der Waals surface area contributed by atoms with Gasteiger partial charge in [0, 0.05) is 19.3 Å². The molecule has 0 bridgehead atoms. The molecule has 0 spiro atoms. The Balaban J connectivity index is 4.43. The van der Waals surface area contributed by atoms with E-state index in [4.69, 9.17) is 14.2 Å². The molecule has 1 unspecified atom stereocenters. The largest absolute Gasteiger partial charge is 0.462 e. The van der Waals surface area contributed by atoms with E-state index in [1.54, 1.807) is 0 Å². The van der Waals surface area contributed by atoms with E-state index in [1.807, 2.05) is 36.5 Å². The van der Waals surface area contributed by atoms with Crippen LogP contribution in [0.3, 0.4) is 0 Å². The topological polar surface area (TPSA) is 78.9 Å². The Morgan fingerprint density at radius 2 is 0.615 bits per heavy atom. The first-order valence-corrected chi connectivity index (χ1v) is 26.8. The summed E-state index contributed by atoms with van der Waals surface area (Å²) in [6, 6.07) is 0. The minimum absolute atomic E-state index is 0.0984. The average molecular weight is 903 g/mol. The van der Waals surface area contributed by atoms with Gasteiger partial charge >= 0.3 is 17.9 Å². The molecular formula is C59H98O6. The van der Waals surface area contributed by atoms with Crippen LogP contribution in [0.4, 0.5) is 0 Å². The van der Waals surface area contributed by atoms with Gasteiger partial charge in [-0.2, -0.15) is 0 Å². The molecule has 65 heavy (non-hydrogen) atoms. The molecule has 0 aliphatic carbocycles. The molecule has 6 nitrogen and oxygen atoms in total. The summed E-state index contributed by atoms with van der Waals surface area (Å²) in [4.78, 5) is 38.0. The molecule has 0 saturated heterocycles. The first kappa shape index (κ1) is 61.3. The van der Waals surface area contributed by atoms with Gasteiger partial charge in [-0.1, -0.05) is 234 Å². The molecule has 0 radical (unpaired) electrons. The highest BCUT2D eigenvalue weighted by atomic mass is 16.6. The van der Waals surface area contributed by atoms with E-state index in [-0.39, 0.29) is 31.1 Å². The zero-order valence-electron chi connectivity index (χ0n) is 42.2. The molecule has 0 fully saturated rings. The van der Waals surface area contributed by atoms with Crippen molar-refractivity contribution in [1.82, 2.24) is 0 Å². The van der Waals surface area contributed by atoms with Crippen molar-refractivity contribution >= 4 is 17.9 Å². The zero-order valence-corrected chi connectivity index (χ0v) is 42.2. The van der Waals surface area contributed by atoms with Gasteiger partial charge in [-0.15, -0.1) is 0 Å². The molecule has 0 saturated carbocycles. The van der Waals surface area contributed by atoms with Crippen LogP contribution in [0.1, 0.15) is 239 Å². The number of carbonyl (C=O) groups is 3. The van der Waals surface area contributed by atoms with Crippen molar-refractivity contribution in [3.8, 4) is 0 Å². The zero-order chi connectivity index (χ0) is 47.2. The Bertz CT molecular complexity index is 1310. The van der Waals surface area contributed by atoms with Gasteiger partial charge in [0.25, 0.3) is 0 Å². The molecule has 1 atom stereocenters. The Hall–Kier alpha value is -3.67. The van der Waals surface area contributed by atoms with Crippen LogP contribution < -0.4 is 0 Å². The maximum absolute atomic E-state index is 12.8. The van der Waals surface area contributed by atoms with Gasteiger partial charge in [0.1, 0.15) is 13.2 Å². The Morgan fingerprint density at radius 3 is 1.00 bits per heavy atom. The van der Waals surface area contributed by atoms with E-state index in [0.717, 1.165) is 89.9 Å². The lowest BCUT2D eigenvalue weighted by Gasteiger charge is -2.18. The predicted molar refractivity (Wildman–Crippen MR) is 279 cm³/mol. The SMILES string of the molecule is CC\C=C/C=C\C=C/C=C\CCCCCC(=O)OCC(COC(=O)CCCCCCCCC/C=C\CCCCCCCCCC)OC(=O)CCCCCCCCC\C=C/C=C\C=C/CC. The van der Waals surface area contributed by atoms with Gasteiger partial charge in [-0.3, -0.25) is 14.4 Å². The predicted octanol–water partition coefficient (Wildman–Crippen LogP) is 17.8. The van der Waals surface area contributed by atoms with Crippen LogP contribution in [0.15, 0.2) is 97.2 Å². The molecule has 370 valence electrons. The minimum atomic E-state index is -0.802. The molecule has 0 aromatic heterocycles. The van der Waals surface area contributed by atoms with Gasteiger partial charge in [-0.25, -0.2) is 0 Å². The van der Waals surface area contributed by atoms with E-state index in [0.29, 0.717) is 19.3 Å². The van der Waals surface area contributed by atoms with Crippen LogP contribution in [0.5, 0.6) is 0 Å². The summed E-state index contributed by atoms with van der Waals surface area (Å²) in [5.74, 6) is -0.956. The van der Waals surface area contributed by atoms with Crippen molar-refractivity contribution in [3.05, 3.63) is 97.2 Å². The third-order valence-corrected chi connectivity index (χ3v) is 11.2. The first-order chi connectivity index (χ1) is 32.0. The van der Waals surface area contributed by atoms with Crippen molar-refractivity contribution in [2.45, 2.75) is 245 Å². The van der Waals surface area contributed by atoms with Crippen LogP contribution in [-0.2, 0) is 28.6 Å². The Labute approximate surface area is 400 Å². The van der Waals surface area contributed by atoms with Gasteiger partial charge in [0.2, 0.25) is 0 Å². The fraction of sp³-hybridized carbons (Fsp3) is 0.678. The lowest BCUT2D eigenvalue weighted by Crippen LogP contribution is -2.30. The Kier molecular flexibility index (Phi) is 50.0. The fourth-order valence-electron chi connectivity index (χ4n) is 7.21. The van der Waals surface area contributed by atoms with Gasteiger partial charge in [0.15, 0.2) is 6.10 Å². The molecule has 0 aliphatic heterocycles. The summed E-state index contributed by atoms with van der Waals surface area (Å²) in [5.41, 5.74) is 0. The van der Waals surface area contributed by atoms with Gasteiger partial charge < -0.3 is 14.2 Å². The van der Waals surface area contributed by atoms with Crippen LogP contribution in [0, 0.1) is 0 Å². The maximum atomic E-state index is 12.8. The highest BCUT2D eigenvalue weighted by Gasteiger charge is 2.19. The number of carbonyl (C=O) groups excluding carboxylic acids is 3. The quantitative estimate of drug-likeness (QED) is 0.0199. The number of unbranched alkanes of at least 4 members (excludes halogenated alkanes) is 25. The summed E-state index contributed by atoms with van der Waals surface area (Å²) in [6.07, 6.45) is 69.7. The number of hydrogen-bond acceptors (Lipinski definition) is 6. The third kappa shape index (κ3) is 51.2. The molecule has 0 aromatic rings. The van der Waals surface area contributed by atoms with Gasteiger partial charge in [-0.05, 0) is 83.5 Å². The van der Waals surface area contributed by atoms with E-state index < -0.39 is 6.10 Å². The summed E-state index contributed by atoms with van der Waals surface area (Å²) < 4.78 is 16.8. The van der Waals surface area contributed by atoms with E-state index in [1.165, 1.54) is 109 Å². The van der Waals surface area contributed by atoms with Crippen molar-refractivity contribution < 1.29 is 28.6 Å². The normalized spacial score (nSPS) is 12.8. The standard InChI is InChI=1S/C59H98O6/c1-4-7-10-13-16-19-22-25-27-28-29-30-32-34-37-40-43-46-49-52-58(61)64-55-56(54-63-57(60)51-48-45-42-39-36-33-24-21-18-15-12-9-6-3)65-59(62)53-50-47-44-41-38-35-31-26-23-20-17-14-11-8-5-2/h8-9,11-12,14-15,17-18,20-21,23-24,28-29,33,36,56H,4-7,10,13,16,19,22,25-27,30-32,34-35,37-55H2,1-3H3/b11-8-,12-9-,17-14-,18-15-,23-20-,24-21-,29-28-,36-33-. The molecule has 0 heterocycles. The first-order valence-electron chi connectivity index (χ1n) is 26.8. The molecule has 0 rings (SSSR count). The van der Waals surface area contributed by atoms with Crippen LogP contribution >= 0.6 is 0 Å². The summed E-state index contributed by atoms with van der Waals surface area (Å²) in [7, 11) is 0. The lowest BCUT2D eigenvalue weighted by molar-refractivity contribution is -0.167. The van der Waals surface area contributed by atoms with E-state index >= 15 is 0 Å².